The number of aliphatic hydroxyl groups is 8. The zero-order chi connectivity index (χ0) is 95.7. The van der Waals surface area contributed by atoms with E-state index in [0.29, 0.717) is 46.0 Å². The molecule has 32 nitrogen and oxygen atoms in total. The van der Waals surface area contributed by atoms with Crippen molar-refractivity contribution in [3.63, 3.8) is 0 Å². The van der Waals surface area contributed by atoms with Crippen LogP contribution in [0.1, 0.15) is 68.2 Å². The maximum Gasteiger partial charge on any atom is 0.330 e. The van der Waals surface area contributed by atoms with Crippen LogP contribution in [0.4, 0.5) is 0 Å². The average molecular weight is 1820 g/mol. The van der Waals surface area contributed by atoms with Crippen LogP contribution in [-0.2, 0) is 76.3 Å². The van der Waals surface area contributed by atoms with E-state index in [1.54, 1.807) is 97.1 Å². The largest absolute Gasteiger partial charge is 0.491 e. The fourth-order valence-electron chi connectivity index (χ4n) is 12.4. The van der Waals surface area contributed by atoms with E-state index in [1.807, 2.05) is 97.1 Å². The first kappa shape index (κ1) is 105. The fraction of sp³-hybridized carbons (Fsp3) is 0.280. The lowest BCUT2D eigenvalue weighted by atomic mass is 9.73. The van der Waals surface area contributed by atoms with Gasteiger partial charge in [0.2, 0.25) is 0 Å². The molecule has 0 saturated carbocycles. The van der Waals surface area contributed by atoms with Gasteiger partial charge in [0.1, 0.15) is 175 Å². The molecule has 0 radical (unpaired) electrons. The minimum atomic E-state index is -1.12. The molecule has 8 rings (SSSR count). The van der Waals surface area contributed by atoms with Crippen molar-refractivity contribution in [2.45, 2.75) is 72.5 Å². The van der Waals surface area contributed by atoms with Gasteiger partial charge in [-0.1, -0.05) is 150 Å². The van der Waals surface area contributed by atoms with E-state index in [0.717, 1.165) is 93.1 Å². The minimum Gasteiger partial charge on any atom is -0.491 e. The van der Waals surface area contributed by atoms with E-state index < -0.39 is 122 Å². The average Bonchev–Trinajstić information content (AvgIpc) is 0.781. The Kier molecular flexibility index (Phi) is 45.0. The molecule has 12 atom stereocenters. The second-order valence-electron chi connectivity index (χ2n) is 28.8. The third-order valence-electron chi connectivity index (χ3n) is 18.9. The summed E-state index contributed by atoms with van der Waals surface area (Å²) < 4.78 is 87.2. The molecule has 700 valence electrons. The maximum absolute atomic E-state index is 12.1. The van der Waals surface area contributed by atoms with Crippen LogP contribution < -0.4 is 37.9 Å². The number of rotatable bonds is 58. The zero-order valence-corrected chi connectivity index (χ0v) is 72.4. The van der Waals surface area contributed by atoms with Crippen molar-refractivity contribution in [3.05, 3.63) is 340 Å². The van der Waals surface area contributed by atoms with Crippen LogP contribution in [0.25, 0.3) is 0 Å². The molecule has 8 N–H and O–H groups in total. The van der Waals surface area contributed by atoms with E-state index in [9.17, 15) is 79.2 Å². The highest BCUT2D eigenvalue weighted by atomic mass is 16.6. The highest BCUT2D eigenvalue weighted by molar-refractivity contribution is 5.84. The van der Waals surface area contributed by atoms with Crippen molar-refractivity contribution >= 4 is 47.8 Å². The highest BCUT2D eigenvalue weighted by Gasteiger charge is 2.32. The van der Waals surface area contributed by atoms with Gasteiger partial charge in [-0.15, -0.1) is 0 Å². The first-order valence-corrected chi connectivity index (χ1v) is 41.2. The Labute approximate surface area is 763 Å². The number of benzene rings is 8. The van der Waals surface area contributed by atoms with Crippen LogP contribution in [0.5, 0.6) is 46.0 Å². The summed E-state index contributed by atoms with van der Waals surface area (Å²) in [4.78, 5) is 93.6. The molecule has 0 heterocycles. The number of carbonyl (C=O) groups excluding carboxylic acids is 8. The van der Waals surface area contributed by atoms with Gasteiger partial charge >= 0.3 is 47.8 Å². The second kappa shape index (κ2) is 56.8. The normalized spacial score (nSPS) is 13.5. The lowest BCUT2D eigenvalue weighted by molar-refractivity contribution is -0.154. The van der Waals surface area contributed by atoms with E-state index >= 15 is 0 Å². The quantitative estimate of drug-likeness (QED) is 0.01000. The smallest absolute Gasteiger partial charge is 0.330 e. The molecule has 0 aliphatic rings. The van der Waals surface area contributed by atoms with E-state index in [2.05, 4.69) is 52.6 Å². The Bertz CT molecular complexity index is 4690. The molecular weight excluding hydrogens is 1710 g/mol. The predicted octanol–water partition coefficient (Wildman–Crippen LogP) is 9.05. The number of carbonyl (C=O) groups is 8. The van der Waals surface area contributed by atoms with Crippen LogP contribution in [0.15, 0.2) is 295 Å². The summed E-state index contributed by atoms with van der Waals surface area (Å²) in [5.41, 5.74) is 6.73. The van der Waals surface area contributed by atoms with Crippen LogP contribution >= 0.6 is 0 Å². The van der Waals surface area contributed by atoms with Crippen molar-refractivity contribution in [1.29, 1.82) is 0 Å². The Balaban J connectivity index is 0.000000371. The number of esters is 8. The molecule has 132 heavy (non-hydrogen) atoms. The summed E-state index contributed by atoms with van der Waals surface area (Å²) in [5, 5.41) is 79.4. The zero-order valence-electron chi connectivity index (χ0n) is 72.4. The summed E-state index contributed by atoms with van der Waals surface area (Å²) in [6.45, 7) is 23.2. The van der Waals surface area contributed by atoms with Gasteiger partial charge in [-0.25, -0.2) is 38.4 Å². The van der Waals surface area contributed by atoms with E-state index in [-0.39, 0.29) is 104 Å². The Morgan fingerprint density at radius 1 is 0.205 bits per heavy atom. The van der Waals surface area contributed by atoms with Crippen molar-refractivity contribution in [3.8, 4) is 46.0 Å². The second-order valence-corrected chi connectivity index (χ2v) is 28.8. The molecule has 0 spiro atoms. The molecule has 0 aromatic heterocycles. The molecule has 0 aliphatic heterocycles. The lowest BCUT2D eigenvalue weighted by Crippen LogP contribution is -2.30. The number of hydrogen-bond donors (Lipinski definition) is 8. The molecule has 0 bridgehead atoms. The van der Waals surface area contributed by atoms with Crippen molar-refractivity contribution < 1.29 is 155 Å². The molecule has 32 heteroatoms. The van der Waals surface area contributed by atoms with Crippen molar-refractivity contribution in [1.82, 2.24) is 0 Å². The predicted molar refractivity (Wildman–Crippen MR) is 480 cm³/mol. The molecule has 8 aromatic rings. The van der Waals surface area contributed by atoms with Crippen LogP contribution in [-0.4, -0.2) is 243 Å². The van der Waals surface area contributed by atoms with Gasteiger partial charge in [-0.2, -0.15) is 0 Å². The Hall–Kier alpha value is -14.5. The standard InChI is InChI=1S/C56H58O18.C44H50O14/c1-7-49(59)69-31-41(57)29-65-43-21-13-37(14-22-43)55(39-17-25-45(26-18-39)67-33-47(73-53(63)11-5)35-71-51(61)9-3)56(38-15-23-44(24-16-38)66-30-42(58)32-70-50(60)8-2)40-19-27-46(28-20-40)68-34-48(74-54(64)12-6)36-72-52(62)10-4;1-3-41(51)57-27-35(49)25-55-39-17-9-31(10-18-39)43(29-5-13-37(14-6-29)53-23-33(47)21-45)44(30-7-15-38(16-8-30)54-24-34(48)22-46)32-11-19-40(20-12-32)56-26-36(50)28-58-42(52)4-2/h7-28,41-42,47-48,55-58H,1-6,29-36H2;3-20,33-36,43-50H,1-2,21-28H2. The van der Waals surface area contributed by atoms with Crippen LogP contribution in [0.2, 0.25) is 0 Å². The Morgan fingerprint density at radius 3 is 0.500 bits per heavy atom. The van der Waals surface area contributed by atoms with Gasteiger partial charge in [0, 0.05) is 72.3 Å². The van der Waals surface area contributed by atoms with E-state index in [4.69, 9.17) is 75.8 Å². The van der Waals surface area contributed by atoms with Gasteiger partial charge in [0.05, 0.1) is 13.2 Å². The van der Waals surface area contributed by atoms with Gasteiger partial charge in [-0.3, -0.25) is 0 Å². The number of aliphatic hydroxyl groups excluding tert-OH is 8. The fourth-order valence-corrected chi connectivity index (χ4v) is 12.4. The number of ether oxygens (including phenoxy) is 16. The summed E-state index contributed by atoms with van der Waals surface area (Å²) in [5.74, 6) is -3.76. The summed E-state index contributed by atoms with van der Waals surface area (Å²) in [6.07, 6.45) is -0.517. The minimum absolute atomic E-state index is 0.0933. The highest BCUT2D eigenvalue weighted by Crippen LogP contribution is 2.47. The first-order chi connectivity index (χ1) is 63.7. The molecular formula is C100H108O32. The van der Waals surface area contributed by atoms with Crippen LogP contribution in [0.3, 0.4) is 0 Å². The SMILES string of the molecule is C=CC(=O)OCC(O)COc1ccc(C(c2ccc(OCC(COC(=O)C=C)OC(=O)C=C)cc2)C(c2ccc(OCC(O)COC(=O)C=C)cc2)c2ccc(OCC(COC(=O)C=C)OC(=O)C=C)cc2)cc1.C=CC(=O)OCC(O)COc1ccc(C(c2ccc(OCC(O)CO)cc2)C(c2ccc(OCC(O)CO)cc2)c2ccc(OCC(O)COC(=O)C=C)cc2)cc1. The van der Waals surface area contributed by atoms with Crippen molar-refractivity contribution in [2.24, 2.45) is 0 Å². The monoisotopic (exact) mass is 1820 g/mol. The molecule has 0 saturated heterocycles. The van der Waals surface area contributed by atoms with Gasteiger partial charge in [0.25, 0.3) is 0 Å². The molecule has 0 amide bonds. The first-order valence-electron chi connectivity index (χ1n) is 41.2. The maximum atomic E-state index is 12.1. The molecule has 8 aromatic carbocycles. The Morgan fingerprint density at radius 2 is 0.348 bits per heavy atom. The van der Waals surface area contributed by atoms with Crippen LogP contribution in [0, 0.1) is 0 Å². The summed E-state index contributed by atoms with van der Waals surface area (Å²) in [7, 11) is 0. The molecule has 0 fully saturated rings. The van der Waals surface area contributed by atoms with Gasteiger partial charge < -0.3 is 117 Å². The van der Waals surface area contributed by atoms with Gasteiger partial charge in [0.15, 0.2) is 12.2 Å². The summed E-state index contributed by atoms with van der Waals surface area (Å²) in [6, 6.07) is 58.2. The van der Waals surface area contributed by atoms with Crippen molar-refractivity contribution in [2.75, 3.05) is 106 Å². The number of hydrogen-bond acceptors (Lipinski definition) is 32. The molecule has 12 unspecified atom stereocenters. The lowest BCUT2D eigenvalue weighted by Gasteiger charge is -2.30. The third-order valence-corrected chi connectivity index (χ3v) is 18.9. The summed E-state index contributed by atoms with van der Waals surface area (Å²) >= 11 is 0. The van der Waals surface area contributed by atoms with Gasteiger partial charge in [-0.05, 0) is 142 Å². The topological polar surface area (TPSA) is 446 Å². The third kappa shape index (κ3) is 36.6. The van der Waals surface area contributed by atoms with E-state index in [1.165, 1.54) is 0 Å². The molecule has 0 aliphatic carbocycles.